The number of hydrogen-bond acceptors (Lipinski definition) is 3. The molecule has 1 unspecified atom stereocenters. The lowest BCUT2D eigenvalue weighted by molar-refractivity contribution is 0.551. The third kappa shape index (κ3) is 2.69. The van der Waals surface area contributed by atoms with Crippen LogP contribution in [-0.2, 0) is 9.84 Å². The van der Waals surface area contributed by atoms with Crippen LogP contribution in [0.1, 0.15) is 36.1 Å². The van der Waals surface area contributed by atoms with Crippen molar-refractivity contribution in [2.45, 2.75) is 25.0 Å². The molecule has 1 atom stereocenters. The maximum absolute atomic E-state index is 12.0. The first-order valence-electron chi connectivity index (χ1n) is 6.03. The molecule has 0 amide bonds. The van der Waals surface area contributed by atoms with Crippen LogP contribution in [0.2, 0.25) is 0 Å². The molecule has 1 saturated heterocycles. The van der Waals surface area contributed by atoms with E-state index in [-0.39, 0.29) is 11.0 Å². The topological polar surface area (TPSA) is 46.2 Å². The zero-order valence-corrected chi connectivity index (χ0v) is 11.1. The van der Waals surface area contributed by atoms with E-state index in [2.05, 4.69) is 19.2 Å². The van der Waals surface area contributed by atoms with Crippen molar-refractivity contribution in [2.24, 2.45) is 0 Å². The Hall–Kier alpha value is -0.870. The SMILES string of the molecule is CC(C)c1ccc(C2CNCCS2(=O)=O)cc1. The zero-order chi connectivity index (χ0) is 12.5. The second-order valence-electron chi connectivity index (χ2n) is 4.88. The summed E-state index contributed by atoms with van der Waals surface area (Å²) in [7, 11) is -2.97. The largest absolute Gasteiger partial charge is 0.314 e. The van der Waals surface area contributed by atoms with Crippen molar-refractivity contribution >= 4 is 9.84 Å². The lowest BCUT2D eigenvalue weighted by Gasteiger charge is -2.23. The Balaban J connectivity index is 2.27. The van der Waals surface area contributed by atoms with E-state index in [1.807, 2.05) is 24.3 Å². The molecule has 0 saturated carbocycles. The third-order valence-corrected chi connectivity index (χ3v) is 5.38. The second kappa shape index (κ2) is 4.78. The van der Waals surface area contributed by atoms with Crippen LogP contribution in [-0.4, -0.2) is 27.3 Å². The summed E-state index contributed by atoms with van der Waals surface area (Å²) in [6.45, 7) is 5.37. The van der Waals surface area contributed by atoms with Gasteiger partial charge in [-0.3, -0.25) is 0 Å². The summed E-state index contributed by atoms with van der Waals surface area (Å²) in [6, 6.07) is 7.96. The smallest absolute Gasteiger partial charge is 0.159 e. The van der Waals surface area contributed by atoms with Gasteiger partial charge in [0.2, 0.25) is 0 Å². The fourth-order valence-electron chi connectivity index (χ4n) is 2.14. The Morgan fingerprint density at radius 1 is 1.24 bits per heavy atom. The highest BCUT2D eigenvalue weighted by Crippen LogP contribution is 2.26. The van der Waals surface area contributed by atoms with Gasteiger partial charge in [-0.1, -0.05) is 38.1 Å². The summed E-state index contributed by atoms with van der Waals surface area (Å²) in [6.07, 6.45) is 0. The average molecular weight is 253 g/mol. The Morgan fingerprint density at radius 3 is 2.41 bits per heavy atom. The van der Waals surface area contributed by atoms with Crippen LogP contribution in [0.15, 0.2) is 24.3 Å². The molecule has 1 aromatic carbocycles. The number of hydrogen-bond donors (Lipinski definition) is 1. The molecular formula is C13H19NO2S. The minimum atomic E-state index is -2.97. The van der Waals surface area contributed by atoms with Crippen LogP contribution in [0.3, 0.4) is 0 Å². The van der Waals surface area contributed by atoms with Crippen LogP contribution >= 0.6 is 0 Å². The van der Waals surface area contributed by atoms with Crippen LogP contribution in [0, 0.1) is 0 Å². The summed E-state index contributed by atoms with van der Waals surface area (Å²) < 4.78 is 23.9. The normalized spacial score (nSPS) is 23.8. The van der Waals surface area contributed by atoms with Crippen LogP contribution in [0.5, 0.6) is 0 Å². The van der Waals surface area contributed by atoms with Crippen LogP contribution in [0.25, 0.3) is 0 Å². The van der Waals surface area contributed by atoms with Crippen molar-refractivity contribution in [3.63, 3.8) is 0 Å². The zero-order valence-electron chi connectivity index (χ0n) is 10.3. The molecule has 94 valence electrons. The van der Waals surface area contributed by atoms with E-state index < -0.39 is 9.84 Å². The monoisotopic (exact) mass is 253 g/mol. The van der Waals surface area contributed by atoms with Gasteiger partial charge < -0.3 is 5.32 Å². The maximum atomic E-state index is 12.0. The van der Waals surface area contributed by atoms with Gasteiger partial charge in [0.05, 0.1) is 11.0 Å². The minimum Gasteiger partial charge on any atom is -0.314 e. The Kier molecular flexibility index (Phi) is 3.54. The van der Waals surface area contributed by atoms with E-state index in [1.165, 1.54) is 5.56 Å². The molecule has 4 heteroatoms. The van der Waals surface area contributed by atoms with Gasteiger partial charge >= 0.3 is 0 Å². The molecule has 1 aromatic rings. The van der Waals surface area contributed by atoms with E-state index in [9.17, 15) is 8.42 Å². The summed E-state index contributed by atoms with van der Waals surface area (Å²) in [4.78, 5) is 0. The molecule has 0 radical (unpaired) electrons. The summed E-state index contributed by atoms with van der Waals surface area (Å²) in [5.74, 6) is 0.717. The molecule has 0 aromatic heterocycles. The van der Waals surface area contributed by atoms with Crippen LogP contribution < -0.4 is 5.32 Å². The van der Waals surface area contributed by atoms with E-state index in [0.717, 1.165) is 5.56 Å². The van der Waals surface area contributed by atoms with Gasteiger partial charge in [-0.25, -0.2) is 8.42 Å². The standard InChI is InChI=1S/C13H19NO2S/c1-10(2)11-3-5-12(6-4-11)13-9-14-7-8-17(13,15)16/h3-6,10,13-14H,7-9H2,1-2H3. The lowest BCUT2D eigenvalue weighted by Crippen LogP contribution is -2.38. The third-order valence-electron chi connectivity index (χ3n) is 3.30. The molecule has 0 aliphatic carbocycles. The van der Waals surface area contributed by atoms with E-state index in [0.29, 0.717) is 19.0 Å². The van der Waals surface area contributed by atoms with Crippen LogP contribution in [0.4, 0.5) is 0 Å². The van der Waals surface area contributed by atoms with Crippen molar-refractivity contribution in [3.05, 3.63) is 35.4 Å². The van der Waals surface area contributed by atoms with Gasteiger partial charge in [0.1, 0.15) is 0 Å². The summed E-state index contributed by atoms with van der Waals surface area (Å²) in [5, 5.41) is 2.77. The quantitative estimate of drug-likeness (QED) is 0.875. The molecule has 0 spiro atoms. The molecule has 0 bridgehead atoms. The van der Waals surface area contributed by atoms with Gasteiger partial charge in [-0.05, 0) is 17.0 Å². The molecule has 3 nitrogen and oxygen atoms in total. The van der Waals surface area contributed by atoms with E-state index in [4.69, 9.17) is 0 Å². The lowest BCUT2D eigenvalue weighted by atomic mass is 10.0. The highest BCUT2D eigenvalue weighted by Gasteiger charge is 2.29. The molecular weight excluding hydrogens is 234 g/mol. The molecule has 1 fully saturated rings. The Bertz CT molecular complexity index is 477. The van der Waals surface area contributed by atoms with Crippen molar-refractivity contribution in [3.8, 4) is 0 Å². The Labute approximate surface area is 103 Å². The van der Waals surface area contributed by atoms with Gasteiger partial charge in [0.25, 0.3) is 0 Å². The molecule has 1 heterocycles. The highest BCUT2D eigenvalue weighted by molar-refractivity contribution is 7.91. The first-order valence-corrected chi connectivity index (χ1v) is 7.74. The van der Waals surface area contributed by atoms with E-state index in [1.54, 1.807) is 0 Å². The first-order chi connectivity index (χ1) is 8.00. The van der Waals surface area contributed by atoms with Crippen molar-refractivity contribution in [1.29, 1.82) is 0 Å². The Morgan fingerprint density at radius 2 is 1.88 bits per heavy atom. The van der Waals surface area contributed by atoms with E-state index >= 15 is 0 Å². The van der Waals surface area contributed by atoms with Crippen molar-refractivity contribution in [1.82, 2.24) is 5.32 Å². The molecule has 1 aliphatic rings. The summed E-state index contributed by atoms with van der Waals surface area (Å²) in [5.41, 5.74) is 2.15. The fraction of sp³-hybridized carbons (Fsp3) is 0.538. The highest BCUT2D eigenvalue weighted by atomic mass is 32.2. The second-order valence-corrected chi connectivity index (χ2v) is 7.18. The number of rotatable bonds is 2. The van der Waals surface area contributed by atoms with Gasteiger partial charge in [-0.15, -0.1) is 0 Å². The van der Waals surface area contributed by atoms with Crippen molar-refractivity contribution in [2.75, 3.05) is 18.8 Å². The van der Waals surface area contributed by atoms with Gasteiger partial charge in [0, 0.05) is 13.1 Å². The minimum absolute atomic E-state index is 0.240. The molecule has 2 rings (SSSR count). The first kappa shape index (κ1) is 12.6. The predicted molar refractivity (Wildman–Crippen MR) is 69.9 cm³/mol. The molecule has 17 heavy (non-hydrogen) atoms. The van der Waals surface area contributed by atoms with Gasteiger partial charge in [-0.2, -0.15) is 0 Å². The fourth-order valence-corrected chi connectivity index (χ4v) is 3.79. The number of sulfone groups is 1. The maximum Gasteiger partial charge on any atom is 0.159 e. The number of nitrogens with one attached hydrogen (secondary N) is 1. The van der Waals surface area contributed by atoms with Gasteiger partial charge in [0.15, 0.2) is 9.84 Å². The number of benzene rings is 1. The average Bonchev–Trinajstić information content (AvgIpc) is 2.28. The molecule has 1 N–H and O–H groups in total. The summed E-state index contributed by atoms with van der Waals surface area (Å²) >= 11 is 0. The predicted octanol–water partition coefficient (Wildman–Crippen LogP) is 1.87. The molecule has 1 aliphatic heterocycles. The van der Waals surface area contributed by atoms with Crippen molar-refractivity contribution < 1.29 is 8.42 Å².